The molecule has 6 nitrogen and oxygen atoms in total. The molecule has 0 aromatic carbocycles. The fourth-order valence-electron chi connectivity index (χ4n) is 2.73. The van der Waals surface area contributed by atoms with E-state index in [2.05, 4.69) is 40.7 Å². The van der Waals surface area contributed by atoms with Crippen LogP contribution in [-0.2, 0) is 13.1 Å². The van der Waals surface area contributed by atoms with Gasteiger partial charge in [-0.15, -0.1) is 0 Å². The van der Waals surface area contributed by atoms with Crippen molar-refractivity contribution in [3.05, 3.63) is 17.7 Å². The standard InChI is InChI=1S/C16H29N5O/c1-11(2)18-16(22)20-7-8-21-14(10-19(6)12(3)4)9-17-15(21)13(20)5/h9,11-13H,7-8,10H2,1-6H3,(H,18,22). The number of urea groups is 1. The molecule has 1 atom stereocenters. The molecule has 6 heteroatoms. The van der Waals surface area contributed by atoms with Crippen LogP contribution in [0.4, 0.5) is 4.79 Å². The molecule has 1 aromatic rings. The molecule has 0 bridgehead atoms. The first-order valence-electron chi connectivity index (χ1n) is 8.13. The van der Waals surface area contributed by atoms with Crippen LogP contribution in [0.2, 0.25) is 0 Å². The summed E-state index contributed by atoms with van der Waals surface area (Å²) in [6.45, 7) is 12.8. The largest absolute Gasteiger partial charge is 0.336 e. The summed E-state index contributed by atoms with van der Waals surface area (Å²) in [4.78, 5) is 21.0. The third-order valence-electron chi connectivity index (χ3n) is 4.34. The average molecular weight is 307 g/mol. The van der Waals surface area contributed by atoms with Gasteiger partial charge in [0.2, 0.25) is 0 Å². The zero-order valence-electron chi connectivity index (χ0n) is 14.6. The molecule has 1 aromatic heterocycles. The van der Waals surface area contributed by atoms with Crippen molar-refractivity contribution >= 4 is 6.03 Å². The van der Waals surface area contributed by atoms with Crippen LogP contribution >= 0.6 is 0 Å². The summed E-state index contributed by atoms with van der Waals surface area (Å²) in [5.74, 6) is 0.984. The summed E-state index contributed by atoms with van der Waals surface area (Å²) in [7, 11) is 2.12. The molecule has 0 aliphatic carbocycles. The minimum Gasteiger partial charge on any atom is -0.336 e. The number of carbonyl (C=O) groups is 1. The van der Waals surface area contributed by atoms with E-state index in [0.717, 1.165) is 25.5 Å². The van der Waals surface area contributed by atoms with Crippen LogP contribution in [0, 0.1) is 0 Å². The maximum atomic E-state index is 12.3. The predicted molar refractivity (Wildman–Crippen MR) is 87.6 cm³/mol. The SMILES string of the molecule is CC(C)NC(=O)N1CCn2c(CN(C)C(C)C)cnc2C1C. The van der Waals surface area contributed by atoms with Gasteiger partial charge in [-0.2, -0.15) is 0 Å². The third-order valence-corrected chi connectivity index (χ3v) is 4.34. The van der Waals surface area contributed by atoms with Gasteiger partial charge >= 0.3 is 6.03 Å². The molecule has 124 valence electrons. The van der Waals surface area contributed by atoms with Crippen molar-refractivity contribution in [2.45, 2.75) is 65.8 Å². The molecular formula is C16H29N5O. The Morgan fingerprint density at radius 3 is 2.68 bits per heavy atom. The Hall–Kier alpha value is -1.56. The molecule has 0 radical (unpaired) electrons. The highest BCUT2D eigenvalue weighted by molar-refractivity contribution is 5.75. The van der Waals surface area contributed by atoms with Crippen LogP contribution in [0.15, 0.2) is 6.20 Å². The van der Waals surface area contributed by atoms with E-state index in [1.54, 1.807) is 0 Å². The third kappa shape index (κ3) is 3.43. The van der Waals surface area contributed by atoms with Gasteiger partial charge in [-0.1, -0.05) is 0 Å². The number of hydrogen-bond acceptors (Lipinski definition) is 3. The summed E-state index contributed by atoms with van der Waals surface area (Å²) in [5.41, 5.74) is 1.22. The predicted octanol–water partition coefficient (Wildman–Crippen LogP) is 2.22. The smallest absolute Gasteiger partial charge is 0.318 e. The van der Waals surface area contributed by atoms with Crippen LogP contribution in [0.3, 0.4) is 0 Å². The van der Waals surface area contributed by atoms with E-state index in [9.17, 15) is 4.79 Å². The van der Waals surface area contributed by atoms with E-state index < -0.39 is 0 Å². The Bertz CT molecular complexity index is 523. The number of nitrogens with zero attached hydrogens (tertiary/aromatic N) is 4. The first-order valence-corrected chi connectivity index (χ1v) is 8.13. The van der Waals surface area contributed by atoms with E-state index in [-0.39, 0.29) is 18.1 Å². The van der Waals surface area contributed by atoms with Crippen molar-refractivity contribution in [3.8, 4) is 0 Å². The average Bonchev–Trinajstić information content (AvgIpc) is 2.82. The lowest BCUT2D eigenvalue weighted by atomic mass is 10.2. The molecule has 0 spiro atoms. The van der Waals surface area contributed by atoms with Gasteiger partial charge in [0.05, 0.1) is 11.7 Å². The molecule has 2 amide bonds. The lowest BCUT2D eigenvalue weighted by molar-refractivity contribution is 0.156. The second-order valence-corrected chi connectivity index (χ2v) is 6.74. The van der Waals surface area contributed by atoms with Gasteiger partial charge in [-0.25, -0.2) is 9.78 Å². The van der Waals surface area contributed by atoms with E-state index >= 15 is 0 Å². The first-order chi connectivity index (χ1) is 10.3. The Kier molecular flexibility index (Phi) is 5.11. The molecule has 1 aliphatic heterocycles. The molecule has 0 saturated heterocycles. The molecule has 2 heterocycles. The summed E-state index contributed by atoms with van der Waals surface area (Å²) in [5, 5.41) is 2.97. The van der Waals surface area contributed by atoms with Gasteiger partial charge in [-0.3, -0.25) is 4.90 Å². The van der Waals surface area contributed by atoms with Gasteiger partial charge in [0.1, 0.15) is 5.82 Å². The van der Waals surface area contributed by atoms with Crippen LogP contribution in [0.25, 0.3) is 0 Å². The number of amides is 2. The number of imidazole rings is 1. The minimum atomic E-state index is -0.00222. The lowest BCUT2D eigenvalue weighted by Crippen LogP contribution is -2.48. The molecule has 1 unspecified atom stereocenters. The van der Waals surface area contributed by atoms with E-state index in [1.165, 1.54) is 5.69 Å². The molecule has 0 saturated carbocycles. The summed E-state index contributed by atoms with van der Waals surface area (Å²) >= 11 is 0. The summed E-state index contributed by atoms with van der Waals surface area (Å²) in [6.07, 6.45) is 1.95. The number of rotatable bonds is 4. The van der Waals surface area contributed by atoms with E-state index in [0.29, 0.717) is 6.04 Å². The highest BCUT2D eigenvalue weighted by Crippen LogP contribution is 2.25. The quantitative estimate of drug-likeness (QED) is 0.928. The fourth-order valence-corrected chi connectivity index (χ4v) is 2.73. The Morgan fingerprint density at radius 1 is 1.41 bits per heavy atom. The van der Waals surface area contributed by atoms with Gasteiger partial charge in [0.15, 0.2) is 0 Å². The Balaban J connectivity index is 2.14. The minimum absolute atomic E-state index is 0.00222. The van der Waals surface area contributed by atoms with Crippen molar-refractivity contribution in [1.82, 2.24) is 24.7 Å². The van der Waals surface area contributed by atoms with Crippen molar-refractivity contribution in [2.24, 2.45) is 0 Å². The van der Waals surface area contributed by atoms with Gasteiger partial charge < -0.3 is 14.8 Å². The second kappa shape index (κ2) is 6.69. The van der Waals surface area contributed by atoms with Gasteiger partial charge in [0, 0.05) is 37.9 Å². The van der Waals surface area contributed by atoms with Crippen molar-refractivity contribution in [1.29, 1.82) is 0 Å². The topological polar surface area (TPSA) is 53.4 Å². The van der Waals surface area contributed by atoms with Crippen LogP contribution in [-0.4, -0.2) is 51.1 Å². The molecule has 1 N–H and O–H groups in total. The van der Waals surface area contributed by atoms with Crippen LogP contribution in [0.1, 0.15) is 52.2 Å². The number of aromatic nitrogens is 2. The fraction of sp³-hybridized carbons (Fsp3) is 0.750. The van der Waals surface area contributed by atoms with Crippen molar-refractivity contribution in [2.75, 3.05) is 13.6 Å². The molecule has 2 rings (SSSR count). The second-order valence-electron chi connectivity index (χ2n) is 6.74. The highest BCUT2D eigenvalue weighted by Gasteiger charge is 2.30. The summed E-state index contributed by atoms with van der Waals surface area (Å²) < 4.78 is 2.27. The molecular weight excluding hydrogens is 278 g/mol. The highest BCUT2D eigenvalue weighted by atomic mass is 16.2. The number of hydrogen-bond donors (Lipinski definition) is 1. The monoisotopic (exact) mass is 307 g/mol. The number of carbonyl (C=O) groups excluding carboxylic acids is 1. The summed E-state index contributed by atoms with van der Waals surface area (Å²) in [6, 6.07) is 0.653. The van der Waals surface area contributed by atoms with Crippen LogP contribution < -0.4 is 5.32 Å². The first kappa shape index (κ1) is 16.8. The van der Waals surface area contributed by atoms with E-state index in [4.69, 9.17) is 0 Å². The van der Waals surface area contributed by atoms with Crippen molar-refractivity contribution < 1.29 is 4.79 Å². The molecule has 0 fully saturated rings. The van der Waals surface area contributed by atoms with Crippen molar-refractivity contribution in [3.63, 3.8) is 0 Å². The number of nitrogens with one attached hydrogen (secondary N) is 1. The zero-order chi connectivity index (χ0) is 16.4. The van der Waals surface area contributed by atoms with Gasteiger partial charge in [-0.05, 0) is 41.7 Å². The number of fused-ring (bicyclic) bond motifs is 1. The van der Waals surface area contributed by atoms with Gasteiger partial charge in [0.25, 0.3) is 0 Å². The van der Waals surface area contributed by atoms with Crippen LogP contribution in [0.5, 0.6) is 0 Å². The van der Waals surface area contributed by atoms with E-state index in [1.807, 2.05) is 31.9 Å². The zero-order valence-corrected chi connectivity index (χ0v) is 14.6. The molecule has 22 heavy (non-hydrogen) atoms. The maximum Gasteiger partial charge on any atom is 0.318 e. The normalized spacial score (nSPS) is 18.2. The Labute approximate surface area is 133 Å². The lowest BCUT2D eigenvalue weighted by Gasteiger charge is -2.35. The maximum absolute atomic E-state index is 12.3. The molecule has 1 aliphatic rings. The Morgan fingerprint density at radius 2 is 2.09 bits per heavy atom.